The average molecular weight is 236 g/mol. The largest absolute Gasteiger partial charge is 0.384 e. The Balaban J connectivity index is 2.16. The van der Waals surface area contributed by atoms with Crippen molar-refractivity contribution in [1.29, 1.82) is 0 Å². The Bertz CT molecular complexity index is 405. The van der Waals surface area contributed by atoms with E-state index in [-0.39, 0.29) is 11.9 Å². The number of aromatic nitrogens is 2. The van der Waals surface area contributed by atoms with Crippen LogP contribution in [0.15, 0.2) is 6.07 Å². The highest BCUT2D eigenvalue weighted by molar-refractivity contribution is 5.93. The summed E-state index contributed by atoms with van der Waals surface area (Å²) in [6.45, 7) is 5.68. The van der Waals surface area contributed by atoms with E-state index < -0.39 is 0 Å². The summed E-state index contributed by atoms with van der Waals surface area (Å²) >= 11 is 0. The summed E-state index contributed by atoms with van der Waals surface area (Å²) in [4.78, 5) is 14.1. The smallest absolute Gasteiger partial charge is 0.274 e. The van der Waals surface area contributed by atoms with Crippen molar-refractivity contribution in [2.75, 3.05) is 18.8 Å². The van der Waals surface area contributed by atoms with Crippen molar-refractivity contribution in [2.45, 2.75) is 39.2 Å². The van der Waals surface area contributed by atoms with Crippen LogP contribution in [0.4, 0.5) is 5.82 Å². The van der Waals surface area contributed by atoms with Gasteiger partial charge in [-0.05, 0) is 33.1 Å². The van der Waals surface area contributed by atoms with Crippen molar-refractivity contribution in [3.8, 4) is 0 Å². The van der Waals surface area contributed by atoms with E-state index in [1.807, 2.05) is 18.7 Å². The van der Waals surface area contributed by atoms with Gasteiger partial charge in [0.05, 0.1) is 0 Å². The third-order valence-corrected chi connectivity index (χ3v) is 3.12. The van der Waals surface area contributed by atoms with E-state index in [9.17, 15) is 4.79 Å². The molecule has 2 N–H and O–H groups in total. The zero-order valence-electron chi connectivity index (χ0n) is 10.5. The van der Waals surface area contributed by atoms with Crippen LogP contribution < -0.4 is 5.73 Å². The molecule has 1 aromatic heterocycles. The topological polar surface area (TPSA) is 64.2 Å². The standard InChI is InChI=1S/C12H20N4O/c1-9(2)16-11(13)8-10(14-16)12(17)15-6-4-3-5-7-15/h8-9H,3-7,13H2,1-2H3. The minimum absolute atomic E-state index is 0.0100. The molecule has 1 saturated heterocycles. The average Bonchev–Trinajstić information content (AvgIpc) is 2.71. The Morgan fingerprint density at radius 3 is 2.53 bits per heavy atom. The van der Waals surface area contributed by atoms with Gasteiger partial charge in [-0.2, -0.15) is 5.10 Å². The normalized spacial score (nSPS) is 16.5. The van der Waals surface area contributed by atoms with Gasteiger partial charge in [0.2, 0.25) is 0 Å². The minimum Gasteiger partial charge on any atom is -0.384 e. The molecule has 17 heavy (non-hydrogen) atoms. The summed E-state index contributed by atoms with van der Waals surface area (Å²) in [5, 5.41) is 4.28. The highest BCUT2D eigenvalue weighted by atomic mass is 16.2. The van der Waals surface area contributed by atoms with Gasteiger partial charge in [0, 0.05) is 25.2 Å². The molecule has 0 unspecified atom stereocenters. The van der Waals surface area contributed by atoms with Crippen molar-refractivity contribution in [3.63, 3.8) is 0 Å². The van der Waals surface area contributed by atoms with Crippen LogP contribution in [0.2, 0.25) is 0 Å². The van der Waals surface area contributed by atoms with E-state index >= 15 is 0 Å². The number of hydrogen-bond acceptors (Lipinski definition) is 3. The minimum atomic E-state index is 0.0100. The molecule has 1 amide bonds. The molecule has 1 aromatic rings. The van der Waals surface area contributed by atoms with Crippen molar-refractivity contribution in [3.05, 3.63) is 11.8 Å². The lowest BCUT2D eigenvalue weighted by Crippen LogP contribution is -2.35. The van der Waals surface area contributed by atoms with Crippen molar-refractivity contribution >= 4 is 11.7 Å². The van der Waals surface area contributed by atoms with Crippen molar-refractivity contribution < 1.29 is 4.79 Å². The number of carbonyl (C=O) groups is 1. The van der Waals surface area contributed by atoms with Gasteiger partial charge in [0.1, 0.15) is 5.82 Å². The second-order valence-electron chi connectivity index (χ2n) is 4.85. The van der Waals surface area contributed by atoms with Crippen molar-refractivity contribution in [2.24, 2.45) is 0 Å². The van der Waals surface area contributed by atoms with Crippen LogP contribution in [0, 0.1) is 0 Å². The van der Waals surface area contributed by atoms with E-state index in [0.29, 0.717) is 11.5 Å². The van der Waals surface area contributed by atoms with Gasteiger partial charge in [-0.25, -0.2) is 4.68 Å². The molecular formula is C12H20N4O. The lowest BCUT2D eigenvalue weighted by atomic mass is 10.1. The quantitative estimate of drug-likeness (QED) is 0.849. The molecule has 2 rings (SSSR count). The fourth-order valence-corrected chi connectivity index (χ4v) is 2.19. The molecule has 2 heterocycles. The number of nitrogen functional groups attached to an aromatic ring is 1. The maximum absolute atomic E-state index is 12.2. The molecule has 1 aliphatic rings. The predicted molar refractivity (Wildman–Crippen MR) is 66.8 cm³/mol. The highest BCUT2D eigenvalue weighted by Gasteiger charge is 2.21. The molecule has 5 nitrogen and oxygen atoms in total. The molecule has 1 fully saturated rings. The second kappa shape index (κ2) is 4.77. The maximum Gasteiger partial charge on any atom is 0.274 e. The molecule has 0 aliphatic carbocycles. The van der Waals surface area contributed by atoms with Crippen LogP contribution in [-0.2, 0) is 0 Å². The number of anilines is 1. The van der Waals surface area contributed by atoms with Gasteiger partial charge in [-0.3, -0.25) is 4.79 Å². The third kappa shape index (κ3) is 2.43. The summed E-state index contributed by atoms with van der Waals surface area (Å²) in [5.41, 5.74) is 6.31. The molecule has 0 bridgehead atoms. The van der Waals surface area contributed by atoms with Crippen LogP contribution in [0.3, 0.4) is 0 Å². The molecule has 0 radical (unpaired) electrons. The van der Waals surface area contributed by atoms with Crippen LogP contribution in [0.5, 0.6) is 0 Å². The fourth-order valence-electron chi connectivity index (χ4n) is 2.19. The van der Waals surface area contributed by atoms with E-state index in [1.54, 1.807) is 10.7 Å². The van der Waals surface area contributed by atoms with Gasteiger partial charge < -0.3 is 10.6 Å². The highest BCUT2D eigenvalue weighted by Crippen LogP contribution is 2.16. The third-order valence-electron chi connectivity index (χ3n) is 3.12. The van der Waals surface area contributed by atoms with E-state index in [1.165, 1.54) is 6.42 Å². The van der Waals surface area contributed by atoms with E-state index in [2.05, 4.69) is 5.10 Å². The van der Waals surface area contributed by atoms with Gasteiger partial charge in [0.15, 0.2) is 5.69 Å². The van der Waals surface area contributed by atoms with Gasteiger partial charge in [0.25, 0.3) is 5.91 Å². The lowest BCUT2D eigenvalue weighted by molar-refractivity contribution is 0.0717. The molecule has 5 heteroatoms. The van der Waals surface area contributed by atoms with Crippen LogP contribution in [-0.4, -0.2) is 33.7 Å². The molecule has 0 aromatic carbocycles. The first-order chi connectivity index (χ1) is 8.09. The number of carbonyl (C=O) groups excluding carboxylic acids is 1. The number of nitrogens with zero attached hydrogens (tertiary/aromatic N) is 3. The first-order valence-corrected chi connectivity index (χ1v) is 6.24. The molecule has 0 saturated carbocycles. The van der Waals surface area contributed by atoms with Crippen LogP contribution >= 0.6 is 0 Å². The molecular weight excluding hydrogens is 216 g/mol. The zero-order valence-corrected chi connectivity index (χ0v) is 10.5. The van der Waals surface area contributed by atoms with Crippen molar-refractivity contribution in [1.82, 2.24) is 14.7 Å². The Morgan fingerprint density at radius 1 is 1.35 bits per heavy atom. The predicted octanol–water partition coefficient (Wildman–Crippen LogP) is 1.67. The summed E-state index contributed by atoms with van der Waals surface area (Å²) in [7, 11) is 0. The van der Waals surface area contributed by atoms with E-state index in [0.717, 1.165) is 25.9 Å². The Labute approximate surface area is 102 Å². The van der Waals surface area contributed by atoms with Gasteiger partial charge in [-0.15, -0.1) is 0 Å². The number of likely N-dealkylation sites (tertiary alicyclic amines) is 1. The summed E-state index contributed by atoms with van der Waals surface area (Å²) in [5.74, 6) is 0.566. The second-order valence-corrected chi connectivity index (χ2v) is 4.85. The SMILES string of the molecule is CC(C)n1nc(C(=O)N2CCCCC2)cc1N. The number of amides is 1. The van der Waals surface area contributed by atoms with Crippen LogP contribution in [0.25, 0.3) is 0 Å². The Hall–Kier alpha value is -1.52. The number of hydrogen-bond donors (Lipinski definition) is 1. The van der Waals surface area contributed by atoms with Crippen LogP contribution in [0.1, 0.15) is 49.6 Å². The zero-order chi connectivity index (χ0) is 12.4. The van der Waals surface area contributed by atoms with Gasteiger partial charge >= 0.3 is 0 Å². The molecule has 0 atom stereocenters. The monoisotopic (exact) mass is 236 g/mol. The fraction of sp³-hybridized carbons (Fsp3) is 0.667. The Morgan fingerprint density at radius 2 is 2.00 bits per heavy atom. The summed E-state index contributed by atoms with van der Waals surface area (Å²) in [6.07, 6.45) is 3.39. The Kier molecular flexibility index (Phi) is 3.36. The molecule has 1 aliphatic heterocycles. The number of nitrogens with two attached hydrogens (primary N) is 1. The van der Waals surface area contributed by atoms with E-state index in [4.69, 9.17) is 5.73 Å². The number of piperidine rings is 1. The first kappa shape index (κ1) is 12.0. The van der Waals surface area contributed by atoms with Gasteiger partial charge in [-0.1, -0.05) is 0 Å². The summed E-state index contributed by atoms with van der Waals surface area (Å²) in [6, 6.07) is 1.86. The number of rotatable bonds is 2. The molecule has 94 valence electrons. The lowest BCUT2D eigenvalue weighted by Gasteiger charge is -2.25. The molecule has 0 spiro atoms. The summed E-state index contributed by atoms with van der Waals surface area (Å²) < 4.78 is 1.69. The first-order valence-electron chi connectivity index (χ1n) is 6.24. The maximum atomic E-state index is 12.2.